The van der Waals surface area contributed by atoms with Gasteiger partial charge in [0.1, 0.15) is 0 Å². The highest BCUT2D eigenvalue weighted by molar-refractivity contribution is 5.76. The van der Waals surface area contributed by atoms with Crippen molar-refractivity contribution >= 4 is 5.91 Å². The Morgan fingerprint density at radius 1 is 1.27 bits per heavy atom. The molecule has 6 heteroatoms. The van der Waals surface area contributed by atoms with Crippen LogP contribution in [0.1, 0.15) is 64.2 Å². The number of methoxy groups -OCH3 is 1. The van der Waals surface area contributed by atoms with Gasteiger partial charge in [0, 0.05) is 58.0 Å². The average Bonchev–Trinajstić information content (AvgIpc) is 3.29. The SMILES string of the molecule is C#CCCC1(CCC(=O)NCC2(N3CCC(OC)CC3)CCCC2)N=N1. The molecular weight excluding hydrogens is 328 g/mol. The van der Waals surface area contributed by atoms with E-state index in [4.69, 9.17) is 11.2 Å². The lowest BCUT2D eigenvalue weighted by molar-refractivity contribution is -0.122. The molecule has 1 saturated heterocycles. The van der Waals surface area contributed by atoms with Crippen LogP contribution in [0.4, 0.5) is 0 Å². The van der Waals surface area contributed by atoms with Gasteiger partial charge in [-0.05, 0) is 25.7 Å². The summed E-state index contributed by atoms with van der Waals surface area (Å²) in [7, 11) is 1.81. The van der Waals surface area contributed by atoms with Crippen molar-refractivity contribution < 1.29 is 9.53 Å². The first-order valence-corrected chi connectivity index (χ1v) is 10.0. The van der Waals surface area contributed by atoms with Crippen molar-refractivity contribution in [3.05, 3.63) is 0 Å². The minimum atomic E-state index is -0.364. The molecule has 26 heavy (non-hydrogen) atoms. The Bertz CT molecular complexity index is 549. The molecule has 0 unspecified atom stereocenters. The average molecular weight is 361 g/mol. The van der Waals surface area contributed by atoms with E-state index in [0.29, 0.717) is 25.4 Å². The standard InChI is InChI=1S/C20H32N4O2/c1-3-4-12-20(22-23-20)13-7-18(25)21-16-19(10-5-6-11-19)24-14-8-17(26-2)9-15-24/h1,17H,4-16H2,2H3,(H,21,25). The van der Waals surface area contributed by atoms with E-state index in [-0.39, 0.29) is 17.1 Å². The molecule has 2 fully saturated rings. The summed E-state index contributed by atoms with van der Waals surface area (Å²) >= 11 is 0. The Balaban J connectivity index is 1.45. The minimum Gasteiger partial charge on any atom is -0.381 e. The molecule has 1 aliphatic carbocycles. The third-order valence-corrected chi connectivity index (χ3v) is 6.40. The number of nitrogens with zero attached hydrogens (tertiary/aromatic N) is 3. The molecule has 0 aromatic heterocycles. The highest BCUT2D eigenvalue weighted by atomic mass is 16.5. The van der Waals surface area contributed by atoms with Crippen LogP contribution in [0.25, 0.3) is 0 Å². The van der Waals surface area contributed by atoms with Gasteiger partial charge in [0.25, 0.3) is 0 Å². The van der Waals surface area contributed by atoms with Crippen LogP contribution in [-0.2, 0) is 9.53 Å². The van der Waals surface area contributed by atoms with Gasteiger partial charge in [0.05, 0.1) is 6.10 Å². The summed E-state index contributed by atoms with van der Waals surface area (Å²) in [5.74, 6) is 2.74. The molecule has 2 aliphatic heterocycles. The van der Waals surface area contributed by atoms with E-state index in [0.717, 1.165) is 38.9 Å². The van der Waals surface area contributed by atoms with Gasteiger partial charge in [0.2, 0.25) is 5.91 Å². The lowest BCUT2D eigenvalue weighted by atomic mass is 9.91. The number of hydrogen-bond donors (Lipinski definition) is 1. The second-order valence-corrected chi connectivity index (χ2v) is 8.02. The summed E-state index contributed by atoms with van der Waals surface area (Å²) in [6.07, 6.45) is 15.3. The van der Waals surface area contributed by atoms with E-state index < -0.39 is 0 Å². The second-order valence-electron chi connectivity index (χ2n) is 8.02. The molecule has 0 aromatic rings. The Labute approximate surface area is 157 Å². The fourth-order valence-corrected chi connectivity index (χ4v) is 4.54. The summed E-state index contributed by atoms with van der Waals surface area (Å²) in [5, 5.41) is 11.4. The van der Waals surface area contributed by atoms with E-state index >= 15 is 0 Å². The Kier molecular flexibility index (Phi) is 6.31. The highest BCUT2D eigenvalue weighted by Gasteiger charge is 2.42. The molecule has 1 N–H and O–H groups in total. The Hall–Kier alpha value is -1.45. The van der Waals surface area contributed by atoms with E-state index in [1.807, 2.05) is 0 Å². The Morgan fingerprint density at radius 3 is 2.54 bits per heavy atom. The van der Waals surface area contributed by atoms with E-state index in [2.05, 4.69) is 26.4 Å². The van der Waals surface area contributed by atoms with Crippen LogP contribution in [0.5, 0.6) is 0 Å². The van der Waals surface area contributed by atoms with Crippen LogP contribution in [0.3, 0.4) is 0 Å². The normalized spacial score (nSPS) is 24.3. The largest absolute Gasteiger partial charge is 0.381 e. The molecule has 0 atom stereocenters. The van der Waals surface area contributed by atoms with Crippen molar-refractivity contribution in [3.8, 4) is 12.3 Å². The molecule has 0 aromatic carbocycles. The molecule has 2 heterocycles. The van der Waals surface area contributed by atoms with Gasteiger partial charge in [-0.3, -0.25) is 9.69 Å². The zero-order chi connectivity index (χ0) is 18.5. The summed E-state index contributed by atoms with van der Waals surface area (Å²) in [6.45, 7) is 2.90. The number of ether oxygens (including phenoxy) is 1. The number of rotatable bonds is 9. The molecule has 144 valence electrons. The smallest absolute Gasteiger partial charge is 0.220 e. The molecule has 1 saturated carbocycles. The number of likely N-dealkylation sites (tertiary alicyclic amines) is 1. The maximum Gasteiger partial charge on any atom is 0.220 e. The molecule has 3 aliphatic rings. The van der Waals surface area contributed by atoms with Gasteiger partial charge in [-0.25, -0.2) is 0 Å². The van der Waals surface area contributed by atoms with Gasteiger partial charge >= 0.3 is 0 Å². The van der Waals surface area contributed by atoms with Crippen molar-refractivity contribution in [2.75, 3.05) is 26.7 Å². The zero-order valence-electron chi connectivity index (χ0n) is 16.0. The topological polar surface area (TPSA) is 66.3 Å². The molecule has 1 amide bonds. The van der Waals surface area contributed by atoms with Gasteiger partial charge in [-0.2, -0.15) is 10.2 Å². The number of carbonyl (C=O) groups is 1. The van der Waals surface area contributed by atoms with Crippen molar-refractivity contribution in [2.24, 2.45) is 10.2 Å². The minimum absolute atomic E-state index is 0.112. The molecule has 0 bridgehead atoms. The lowest BCUT2D eigenvalue weighted by Crippen LogP contribution is -2.57. The van der Waals surface area contributed by atoms with E-state index in [9.17, 15) is 4.79 Å². The third-order valence-electron chi connectivity index (χ3n) is 6.40. The van der Waals surface area contributed by atoms with E-state index in [1.165, 1.54) is 25.7 Å². The van der Waals surface area contributed by atoms with Crippen molar-refractivity contribution in [1.82, 2.24) is 10.2 Å². The number of terminal acetylenes is 1. The molecule has 0 spiro atoms. The number of carbonyl (C=O) groups excluding carboxylic acids is 1. The van der Waals surface area contributed by atoms with Gasteiger partial charge in [-0.15, -0.1) is 12.3 Å². The maximum atomic E-state index is 12.4. The molecular formula is C20H32N4O2. The second kappa shape index (κ2) is 8.49. The van der Waals surface area contributed by atoms with Crippen LogP contribution >= 0.6 is 0 Å². The molecule has 0 radical (unpaired) electrons. The first-order valence-electron chi connectivity index (χ1n) is 10.0. The quantitative estimate of drug-likeness (QED) is 0.643. The number of hydrogen-bond acceptors (Lipinski definition) is 5. The fraction of sp³-hybridized carbons (Fsp3) is 0.850. The molecule has 6 nitrogen and oxygen atoms in total. The highest BCUT2D eigenvalue weighted by Crippen LogP contribution is 2.38. The van der Waals surface area contributed by atoms with E-state index in [1.54, 1.807) is 7.11 Å². The van der Waals surface area contributed by atoms with Gasteiger partial charge in [-0.1, -0.05) is 12.8 Å². The van der Waals surface area contributed by atoms with Crippen LogP contribution in [-0.4, -0.2) is 54.9 Å². The zero-order valence-corrected chi connectivity index (χ0v) is 16.0. The maximum absolute atomic E-state index is 12.4. The predicted molar refractivity (Wildman–Crippen MR) is 101 cm³/mol. The fourth-order valence-electron chi connectivity index (χ4n) is 4.54. The summed E-state index contributed by atoms with van der Waals surface area (Å²) in [5.41, 5.74) is -0.222. The lowest BCUT2D eigenvalue weighted by Gasteiger charge is -2.45. The number of nitrogens with one attached hydrogen (secondary N) is 1. The van der Waals surface area contributed by atoms with Crippen LogP contribution < -0.4 is 5.32 Å². The predicted octanol–water partition coefficient (Wildman–Crippen LogP) is 2.88. The van der Waals surface area contributed by atoms with Crippen LogP contribution in [0.15, 0.2) is 10.2 Å². The van der Waals surface area contributed by atoms with Gasteiger partial charge < -0.3 is 10.1 Å². The molecule has 3 rings (SSSR count). The number of amides is 1. The summed E-state index contributed by atoms with van der Waals surface area (Å²) in [4.78, 5) is 15.0. The van der Waals surface area contributed by atoms with Gasteiger partial charge in [0.15, 0.2) is 5.66 Å². The summed E-state index contributed by atoms with van der Waals surface area (Å²) < 4.78 is 5.50. The number of piperidine rings is 1. The Morgan fingerprint density at radius 2 is 1.96 bits per heavy atom. The van der Waals surface area contributed by atoms with Crippen LogP contribution in [0, 0.1) is 12.3 Å². The van der Waals surface area contributed by atoms with Crippen molar-refractivity contribution in [3.63, 3.8) is 0 Å². The van der Waals surface area contributed by atoms with Crippen molar-refractivity contribution in [1.29, 1.82) is 0 Å². The first kappa shape index (κ1) is 19.3. The van der Waals surface area contributed by atoms with Crippen molar-refractivity contribution in [2.45, 2.75) is 81.5 Å². The summed E-state index contributed by atoms with van der Waals surface area (Å²) in [6, 6.07) is 0. The van der Waals surface area contributed by atoms with Crippen LogP contribution in [0.2, 0.25) is 0 Å². The first-order chi connectivity index (χ1) is 12.6. The monoisotopic (exact) mass is 360 g/mol. The third kappa shape index (κ3) is 4.63.